The molecule has 126 valence electrons. The number of anilines is 1. The number of rotatable bonds is 2. The molecule has 0 aromatic heterocycles. The molecule has 0 unspecified atom stereocenters. The van der Waals surface area contributed by atoms with E-state index in [0.717, 1.165) is 38.4 Å². The standard InChI is InChI=1S/C20H24ClN3/c21-19-15-18(16-22)8-9-20(19)24-13-11-23(12-14-24)10-4-7-17-5-2-1-3-6-17/h8-9,15,17H,1-3,5-6,10-14H2. The highest BCUT2D eigenvalue weighted by molar-refractivity contribution is 6.33. The first-order valence-corrected chi connectivity index (χ1v) is 9.29. The second kappa shape index (κ2) is 8.43. The monoisotopic (exact) mass is 341 g/mol. The van der Waals surface area contributed by atoms with Crippen molar-refractivity contribution in [2.75, 3.05) is 37.6 Å². The first-order valence-electron chi connectivity index (χ1n) is 8.91. The molecular weight excluding hydrogens is 318 g/mol. The zero-order chi connectivity index (χ0) is 16.8. The van der Waals surface area contributed by atoms with Crippen LogP contribution in [0.1, 0.15) is 37.7 Å². The van der Waals surface area contributed by atoms with E-state index in [1.165, 1.54) is 32.1 Å². The fourth-order valence-electron chi connectivity index (χ4n) is 3.53. The Morgan fingerprint density at radius 3 is 2.50 bits per heavy atom. The summed E-state index contributed by atoms with van der Waals surface area (Å²) in [6, 6.07) is 7.67. The minimum Gasteiger partial charge on any atom is -0.368 e. The van der Waals surface area contributed by atoms with Gasteiger partial charge in [-0.05, 0) is 31.0 Å². The molecule has 2 aliphatic rings. The molecule has 0 amide bonds. The topological polar surface area (TPSA) is 30.3 Å². The molecule has 1 aliphatic carbocycles. The summed E-state index contributed by atoms with van der Waals surface area (Å²) in [4.78, 5) is 4.72. The first kappa shape index (κ1) is 17.2. The summed E-state index contributed by atoms with van der Waals surface area (Å²) in [5, 5.41) is 9.60. The number of nitriles is 1. The van der Waals surface area contributed by atoms with Gasteiger partial charge in [0.05, 0.1) is 28.9 Å². The Morgan fingerprint density at radius 1 is 1.08 bits per heavy atom. The summed E-state index contributed by atoms with van der Waals surface area (Å²) in [7, 11) is 0. The Kier molecular flexibility index (Phi) is 6.02. The lowest BCUT2D eigenvalue weighted by Gasteiger charge is -2.35. The molecule has 0 bridgehead atoms. The second-order valence-electron chi connectivity index (χ2n) is 6.70. The third kappa shape index (κ3) is 4.44. The van der Waals surface area contributed by atoms with Crippen molar-refractivity contribution in [3.05, 3.63) is 28.8 Å². The quantitative estimate of drug-likeness (QED) is 0.764. The van der Waals surface area contributed by atoms with Crippen LogP contribution >= 0.6 is 11.6 Å². The number of halogens is 1. The van der Waals surface area contributed by atoms with Crippen molar-refractivity contribution in [2.24, 2.45) is 5.92 Å². The Hall–Kier alpha value is -1.68. The lowest BCUT2D eigenvalue weighted by Crippen LogP contribution is -2.46. The largest absolute Gasteiger partial charge is 0.368 e. The van der Waals surface area contributed by atoms with E-state index in [0.29, 0.717) is 16.5 Å². The van der Waals surface area contributed by atoms with Crippen molar-refractivity contribution in [3.63, 3.8) is 0 Å². The van der Waals surface area contributed by atoms with Crippen LogP contribution in [0.4, 0.5) is 5.69 Å². The molecule has 1 heterocycles. The molecule has 3 nitrogen and oxygen atoms in total. The highest BCUT2D eigenvalue weighted by atomic mass is 35.5. The molecule has 2 fully saturated rings. The number of benzene rings is 1. The molecule has 0 atom stereocenters. The van der Waals surface area contributed by atoms with Gasteiger partial charge in [-0.2, -0.15) is 5.26 Å². The molecule has 3 rings (SSSR count). The molecule has 1 aromatic rings. The van der Waals surface area contributed by atoms with E-state index in [1.54, 1.807) is 6.07 Å². The summed E-state index contributed by atoms with van der Waals surface area (Å²) >= 11 is 6.32. The van der Waals surface area contributed by atoms with Crippen LogP contribution in [0.3, 0.4) is 0 Å². The average molecular weight is 342 g/mol. The van der Waals surface area contributed by atoms with Crippen molar-refractivity contribution in [1.29, 1.82) is 5.26 Å². The smallest absolute Gasteiger partial charge is 0.0992 e. The summed E-state index contributed by atoms with van der Waals surface area (Å²) < 4.78 is 0. The second-order valence-corrected chi connectivity index (χ2v) is 7.10. The maximum absolute atomic E-state index is 8.93. The molecule has 4 heteroatoms. The summed E-state index contributed by atoms with van der Waals surface area (Å²) in [5.74, 6) is 7.51. The number of nitrogens with zero attached hydrogens (tertiary/aromatic N) is 3. The fourth-order valence-corrected chi connectivity index (χ4v) is 3.83. The van der Waals surface area contributed by atoms with Crippen LogP contribution in [-0.2, 0) is 0 Å². The van der Waals surface area contributed by atoms with E-state index in [4.69, 9.17) is 16.9 Å². The molecule has 1 saturated heterocycles. The van der Waals surface area contributed by atoms with E-state index < -0.39 is 0 Å². The third-order valence-electron chi connectivity index (χ3n) is 5.00. The number of piperazine rings is 1. The third-order valence-corrected chi connectivity index (χ3v) is 5.31. The minimum absolute atomic E-state index is 0.611. The molecule has 0 spiro atoms. The molecule has 1 aromatic carbocycles. The van der Waals surface area contributed by atoms with E-state index in [9.17, 15) is 0 Å². The van der Waals surface area contributed by atoms with Crippen LogP contribution in [-0.4, -0.2) is 37.6 Å². The van der Waals surface area contributed by atoms with E-state index in [1.807, 2.05) is 12.1 Å². The van der Waals surface area contributed by atoms with Gasteiger partial charge in [0.15, 0.2) is 0 Å². The van der Waals surface area contributed by atoms with Crippen LogP contribution in [0.15, 0.2) is 18.2 Å². The van der Waals surface area contributed by atoms with Gasteiger partial charge in [0.25, 0.3) is 0 Å². The zero-order valence-electron chi connectivity index (χ0n) is 14.1. The van der Waals surface area contributed by atoms with Crippen LogP contribution < -0.4 is 4.90 Å². The fraction of sp³-hybridized carbons (Fsp3) is 0.550. The number of hydrogen-bond acceptors (Lipinski definition) is 3. The molecule has 1 saturated carbocycles. The summed E-state index contributed by atoms with van der Waals surface area (Å²) in [6.07, 6.45) is 6.67. The van der Waals surface area contributed by atoms with Crippen molar-refractivity contribution in [2.45, 2.75) is 32.1 Å². The maximum atomic E-state index is 8.93. The Bertz CT molecular complexity index is 654. The van der Waals surface area contributed by atoms with E-state index in [2.05, 4.69) is 27.7 Å². The lowest BCUT2D eigenvalue weighted by atomic mass is 9.90. The maximum Gasteiger partial charge on any atom is 0.0992 e. The van der Waals surface area contributed by atoms with Crippen molar-refractivity contribution >= 4 is 17.3 Å². The first-order chi connectivity index (χ1) is 11.8. The summed E-state index contributed by atoms with van der Waals surface area (Å²) in [5.41, 5.74) is 1.64. The average Bonchev–Trinajstić information content (AvgIpc) is 2.63. The highest BCUT2D eigenvalue weighted by Gasteiger charge is 2.18. The van der Waals surface area contributed by atoms with Gasteiger partial charge in [-0.1, -0.05) is 42.7 Å². The van der Waals surface area contributed by atoms with Crippen molar-refractivity contribution in [3.8, 4) is 17.9 Å². The summed E-state index contributed by atoms with van der Waals surface area (Å²) in [6.45, 7) is 4.81. The van der Waals surface area contributed by atoms with Crippen molar-refractivity contribution in [1.82, 2.24) is 4.90 Å². The van der Waals surface area contributed by atoms with Crippen LogP contribution in [0.2, 0.25) is 5.02 Å². The molecular formula is C20H24ClN3. The molecule has 24 heavy (non-hydrogen) atoms. The Balaban J connectivity index is 1.49. The van der Waals surface area contributed by atoms with Gasteiger partial charge >= 0.3 is 0 Å². The highest BCUT2D eigenvalue weighted by Crippen LogP contribution is 2.27. The molecule has 1 aliphatic heterocycles. The van der Waals surface area contributed by atoms with Gasteiger partial charge in [0.2, 0.25) is 0 Å². The van der Waals surface area contributed by atoms with Gasteiger partial charge < -0.3 is 4.90 Å². The predicted octanol–water partition coefficient (Wildman–Crippen LogP) is 3.92. The van der Waals surface area contributed by atoms with Crippen LogP contribution in [0.25, 0.3) is 0 Å². The van der Waals surface area contributed by atoms with E-state index in [-0.39, 0.29) is 0 Å². The van der Waals surface area contributed by atoms with Gasteiger partial charge in [-0.25, -0.2) is 0 Å². The van der Waals surface area contributed by atoms with Gasteiger partial charge in [-0.3, -0.25) is 4.90 Å². The van der Waals surface area contributed by atoms with Gasteiger partial charge in [0, 0.05) is 32.1 Å². The normalized spacial score (nSPS) is 19.4. The van der Waals surface area contributed by atoms with Crippen LogP contribution in [0, 0.1) is 29.1 Å². The Morgan fingerprint density at radius 2 is 1.83 bits per heavy atom. The van der Waals surface area contributed by atoms with Crippen LogP contribution in [0.5, 0.6) is 0 Å². The lowest BCUT2D eigenvalue weighted by molar-refractivity contribution is 0.288. The van der Waals surface area contributed by atoms with Crippen molar-refractivity contribution < 1.29 is 0 Å². The molecule has 0 radical (unpaired) electrons. The van der Waals surface area contributed by atoms with E-state index >= 15 is 0 Å². The Labute approximate surface area is 150 Å². The SMILES string of the molecule is N#Cc1ccc(N2CCN(CC#CC3CCCCC3)CC2)c(Cl)c1. The van der Waals surface area contributed by atoms with Gasteiger partial charge in [-0.15, -0.1) is 0 Å². The zero-order valence-corrected chi connectivity index (χ0v) is 14.9. The van der Waals surface area contributed by atoms with Gasteiger partial charge in [0.1, 0.15) is 0 Å². The predicted molar refractivity (Wildman–Crippen MR) is 99.2 cm³/mol. The minimum atomic E-state index is 0.611. The molecule has 0 N–H and O–H groups in total. The number of hydrogen-bond donors (Lipinski definition) is 0.